The molecule has 1 N–H and O–H groups in total. The minimum Gasteiger partial charge on any atom is -0.502 e. The van der Waals surface area contributed by atoms with Gasteiger partial charge in [0.15, 0.2) is 12.0 Å². The maximum atomic E-state index is 10.7. The second-order valence-electron chi connectivity index (χ2n) is 3.28. The Labute approximate surface area is 100 Å². The largest absolute Gasteiger partial charge is 0.502 e. The van der Waals surface area contributed by atoms with Gasteiger partial charge in [0, 0.05) is 10.9 Å². The minimum absolute atomic E-state index is 0.344. The Morgan fingerprint density at radius 3 is 2.65 bits per heavy atom. The van der Waals surface area contributed by atoms with E-state index in [4.69, 9.17) is 0 Å². The van der Waals surface area contributed by atoms with E-state index in [1.165, 1.54) is 23.5 Å². The quantitative estimate of drug-likeness (QED) is 0.515. The number of rotatable bonds is 3. The van der Waals surface area contributed by atoms with Crippen molar-refractivity contribution in [2.75, 3.05) is 0 Å². The van der Waals surface area contributed by atoms with E-state index in [0.717, 1.165) is 11.2 Å². The van der Waals surface area contributed by atoms with Gasteiger partial charge in [-0.05, 0) is 29.8 Å². The van der Waals surface area contributed by atoms with Gasteiger partial charge in [0.05, 0.1) is 9.80 Å². The summed E-state index contributed by atoms with van der Waals surface area (Å²) in [5.74, 6) is -0.370. The van der Waals surface area contributed by atoms with Crippen molar-refractivity contribution >= 4 is 23.3 Å². The van der Waals surface area contributed by atoms with Crippen LogP contribution in [0.2, 0.25) is 0 Å². The average Bonchev–Trinajstić information content (AvgIpc) is 2.78. The van der Waals surface area contributed by atoms with Crippen LogP contribution in [0.4, 0.5) is 5.69 Å². The highest BCUT2D eigenvalue weighted by molar-refractivity contribution is 7.17. The molecule has 0 fully saturated rings. The number of aromatic hydroxyl groups is 1. The van der Waals surface area contributed by atoms with Gasteiger partial charge in [-0.2, -0.15) is 0 Å². The topological polar surface area (TPSA) is 80.4 Å². The number of nitro groups is 1. The maximum Gasteiger partial charge on any atom is 0.311 e. The van der Waals surface area contributed by atoms with E-state index < -0.39 is 4.92 Å². The number of nitro benzene ring substituents is 1. The molecule has 6 heteroatoms. The molecule has 0 bridgehead atoms. The normalized spacial score (nSPS) is 10.1. The predicted molar refractivity (Wildman–Crippen MR) is 63.5 cm³/mol. The Balaban J connectivity index is 2.49. The summed E-state index contributed by atoms with van der Waals surface area (Å²) >= 11 is 1.24. The van der Waals surface area contributed by atoms with Crippen molar-refractivity contribution in [3.8, 4) is 16.2 Å². The van der Waals surface area contributed by atoms with Crippen molar-refractivity contribution in [1.29, 1.82) is 0 Å². The van der Waals surface area contributed by atoms with E-state index in [9.17, 15) is 20.0 Å². The summed E-state index contributed by atoms with van der Waals surface area (Å²) in [5.41, 5.74) is 0.260. The van der Waals surface area contributed by atoms with E-state index in [1.807, 2.05) is 0 Å². The first-order valence-corrected chi connectivity index (χ1v) is 5.46. The molecule has 17 heavy (non-hydrogen) atoms. The Bertz CT molecular complexity index is 591. The molecule has 0 unspecified atom stereocenters. The van der Waals surface area contributed by atoms with Gasteiger partial charge in [-0.1, -0.05) is 0 Å². The molecule has 0 aliphatic rings. The lowest BCUT2D eigenvalue weighted by molar-refractivity contribution is -0.385. The molecule has 0 saturated heterocycles. The SMILES string of the molecule is O=Cc1ccc(-c2ccc(O)c([N+](=O)[O-])c2)s1. The molecule has 5 nitrogen and oxygen atoms in total. The molecule has 0 aliphatic heterocycles. The number of benzene rings is 1. The first-order chi connectivity index (χ1) is 8.11. The number of phenolic OH excluding ortho intramolecular Hbond substituents is 1. The second-order valence-corrected chi connectivity index (χ2v) is 4.40. The van der Waals surface area contributed by atoms with E-state index in [-0.39, 0.29) is 11.4 Å². The predicted octanol–water partition coefficient (Wildman–Crippen LogP) is 2.84. The molecule has 0 aliphatic carbocycles. The van der Waals surface area contributed by atoms with Crippen LogP contribution >= 0.6 is 11.3 Å². The van der Waals surface area contributed by atoms with Crippen LogP contribution in [0.25, 0.3) is 10.4 Å². The van der Waals surface area contributed by atoms with E-state index in [2.05, 4.69) is 0 Å². The first kappa shape index (κ1) is 11.3. The van der Waals surface area contributed by atoms with Crippen molar-refractivity contribution in [2.24, 2.45) is 0 Å². The van der Waals surface area contributed by atoms with Crippen LogP contribution in [0.15, 0.2) is 30.3 Å². The molecular formula is C11H7NO4S. The van der Waals surface area contributed by atoms with Crippen LogP contribution < -0.4 is 0 Å². The summed E-state index contributed by atoms with van der Waals surface area (Å²) in [6.45, 7) is 0. The molecule has 0 radical (unpaired) electrons. The van der Waals surface area contributed by atoms with Crippen LogP contribution in [0.3, 0.4) is 0 Å². The average molecular weight is 249 g/mol. The highest BCUT2D eigenvalue weighted by Crippen LogP contribution is 2.34. The smallest absolute Gasteiger partial charge is 0.311 e. The van der Waals surface area contributed by atoms with Gasteiger partial charge in [0.25, 0.3) is 0 Å². The minimum atomic E-state index is -0.646. The van der Waals surface area contributed by atoms with Gasteiger partial charge < -0.3 is 5.11 Å². The maximum absolute atomic E-state index is 10.7. The lowest BCUT2D eigenvalue weighted by Gasteiger charge is -1.99. The van der Waals surface area contributed by atoms with Gasteiger partial charge >= 0.3 is 5.69 Å². The number of thiophene rings is 1. The molecule has 2 aromatic rings. The van der Waals surface area contributed by atoms with Crippen LogP contribution in [0.5, 0.6) is 5.75 Å². The molecule has 2 rings (SSSR count). The number of aldehydes is 1. The third-order valence-electron chi connectivity index (χ3n) is 2.20. The van der Waals surface area contributed by atoms with Crippen molar-refractivity contribution in [3.05, 3.63) is 45.3 Å². The summed E-state index contributed by atoms with van der Waals surface area (Å²) in [5, 5.41) is 20.0. The number of carbonyl (C=O) groups excluding carboxylic acids is 1. The van der Waals surface area contributed by atoms with E-state index >= 15 is 0 Å². The lowest BCUT2D eigenvalue weighted by Crippen LogP contribution is -1.88. The highest BCUT2D eigenvalue weighted by atomic mass is 32.1. The van der Waals surface area contributed by atoms with Crippen LogP contribution in [-0.2, 0) is 0 Å². The standard InChI is InChI=1S/C11H7NO4S/c13-6-8-2-4-11(17-8)7-1-3-10(14)9(5-7)12(15)16/h1-6,14H. The Hall–Kier alpha value is -2.21. The van der Waals surface area contributed by atoms with Crippen molar-refractivity contribution in [2.45, 2.75) is 0 Å². The zero-order valence-corrected chi connectivity index (χ0v) is 9.31. The Kier molecular flexibility index (Phi) is 2.88. The third-order valence-corrected chi connectivity index (χ3v) is 3.26. The number of phenols is 1. The van der Waals surface area contributed by atoms with E-state index in [1.54, 1.807) is 18.2 Å². The molecule has 86 valence electrons. The van der Waals surface area contributed by atoms with Gasteiger partial charge in [-0.3, -0.25) is 14.9 Å². The van der Waals surface area contributed by atoms with Crippen molar-refractivity contribution in [3.63, 3.8) is 0 Å². The van der Waals surface area contributed by atoms with Gasteiger partial charge in [-0.15, -0.1) is 11.3 Å². The molecule has 1 heterocycles. The molecular weight excluding hydrogens is 242 g/mol. The number of hydrogen-bond acceptors (Lipinski definition) is 5. The molecule has 0 amide bonds. The number of carbonyl (C=O) groups is 1. The lowest BCUT2D eigenvalue weighted by atomic mass is 10.1. The summed E-state index contributed by atoms with van der Waals surface area (Å²) in [7, 11) is 0. The Morgan fingerprint density at radius 2 is 2.06 bits per heavy atom. The fraction of sp³-hybridized carbons (Fsp3) is 0. The van der Waals surface area contributed by atoms with E-state index in [0.29, 0.717) is 10.4 Å². The fourth-order valence-corrected chi connectivity index (χ4v) is 2.21. The molecule has 1 aromatic heterocycles. The van der Waals surface area contributed by atoms with Crippen molar-refractivity contribution < 1.29 is 14.8 Å². The highest BCUT2D eigenvalue weighted by Gasteiger charge is 2.14. The zero-order valence-electron chi connectivity index (χ0n) is 8.49. The monoisotopic (exact) mass is 249 g/mol. The first-order valence-electron chi connectivity index (χ1n) is 4.64. The van der Waals surface area contributed by atoms with Crippen LogP contribution in [-0.4, -0.2) is 16.3 Å². The van der Waals surface area contributed by atoms with Gasteiger partial charge in [0.2, 0.25) is 0 Å². The van der Waals surface area contributed by atoms with Crippen molar-refractivity contribution in [1.82, 2.24) is 0 Å². The Morgan fingerprint density at radius 1 is 1.29 bits per heavy atom. The second kappa shape index (κ2) is 4.34. The summed E-state index contributed by atoms with van der Waals surface area (Å²) in [6.07, 6.45) is 0.725. The molecule has 0 atom stereocenters. The van der Waals surface area contributed by atoms with Gasteiger partial charge in [0.1, 0.15) is 0 Å². The summed E-state index contributed by atoms with van der Waals surface area (Å²) in [4.78, 5) is 21.9. The molecule has 1 aromatic carbocycles. The fourth-order valence-electron chi connectivity index (χ4n) is 1.39. The summed E-state index contributed by atoms with van der Waals surface area (Å²) in [6, 6.07) is 7.49. The molecule has 0 saturated carbocycles. The van der Waals surface area contributed by atoms with Gasteiger partial charge in [-0.25, -0.2) is 0 Å². The zero-order chi connectivity index (χ0) is 12.4. The number of nitrogens with zero attached hydrogens (tertiary/aromatic N) is 1. The number of hydrogen-bond donors (Lipinski definition) is 1. The van der Waals surface area contributed by atoms with Crippen LogP contribution in [0, 0.1) is 10.1 Å². The van der Waals surface area contributed by atoms with Crippen LogP contribution in [0.1, 0.15) is 9.67 Å². The third kappa shape index (κ3) is 2.16. The molecule has 0 spiro atoms. The summed E-state index contributed by atoms with van der Waals surface area (Å²) < 4.78 is 0.